The highest BCUT2D eigenvalue weighted by Gasteiger charge is 2.18. The molecule has 118 valence electrons. The van der Waals surface area contributed by atoms with Crippen molar-refractivity contribution < 1.29 is 19.1 Å². The van der Waals surface area contributed by atoms with Gasteiger partial charge in [0, 0.05) is 13.2 Å². The smallest absolute Gasteiger partial charge is 0.338 e. The van der Waals surface area contributed by atoms with Crippen molar-refractivity contribution in [2.75, 3.05) is 19.8 Å². The fourth-order valence-corrected chi connectivity index (χ4v) is 3.00. The van der Waals surface area contributed by atoms with Crippen molar-refractivity contribution in [3.8, 4) is 0 Å². The number of hydrogen-bond donors (Lipinski definition) is 1. The van der Waals surface area contributed by atoms with Gasteiger partial charge in [0.2, 0.25) is 0 Å². The minimum atomic E-state index is -0.443. The fourth-order valence-electron chi connectivity index (χ4n) is 3.00. The molecule has 1 aliphatic carbocycles. The van der Waals surface area contributed by atoms with E-state index in [4.69, 9.17) is 9.47 Å². The lowest BCUT2D eigenvalue weighted by Gasteiger charge is -2.11. The molecule has 1 atom stereocenters. The molecule has 1 aromatic rings. The van der Waals surface area contributed by atoms with Crippen molar-refractivity contribution in [3.63, 3.8) is 0 Å². The Morgan fingerprint density at radius 3 is 2.91 bits per heavy atom. The summed E-state index contributed by atoms with van der Waals surface area (Å²) < 4.78 is 10.5. The van der Waals surface area contributed by atoms with Gasteiger partial charge in [-0.2, -0.15) is 0 Å². The van der Waals surface area contributed by atoms with Crippen LogP contribution in [0.4, 0.5) is 0 Å². The highest BCUT2D eigenvalue weighted by Crippen LogP contribution is 2.23. The van der Waals surface area contributed by atoms with Crippen molar-refractivity contribution in [3.05, 3.63) is 34.9 Å². The van der Waals surface area contributed by atoms with Gasteiger partial charge in [-0.1, -0.05) is 6.07 Å². The van der Waals surface area contributed by atoms with Crippen molar-refractivity contribution in [1.82, 2.24) is 5.32 Å². The summed E-state index contributed by atoms with van der Waals surface area (Å²) in [6, 6.07) is 5.64. The summed E-state index contributed by atoms with van der Waals surface area (Å²) in [6.07, 6.45) is 5.33. The second-order valence-electron chi connectivity index (χ2n) is 5.85. The molecule has 0 unspecified atom stereocenters. The molecule has 5 nitrogen and oxygen atoms in total. The fraction of sp³-hybridized carbons (Fsp3) is 0.529. The number of hydrogen-bond acceptors (Lipinski definition) is 4. The minimum absolute atomic E-state index is 0.0939. The van der Waals surface area contributed by atoms with Crippen LogP contribution in [0.3, 0.4) is 0 Å². The quantitative estimate of drug-likeness (QED) is 0.840. The summed E-state index contributed by atoms with van der Waals surface area (Å²) in [5, 5.41) is 2.73. The molecule has 1 saturated heterocycles. The first-order valence-corrected chi connectivity index (χ1v) is 7.89. The number of amides is 1. The van der Waals surface area contributed by atoms with Crippen LogP contribution in [0.1, 0.15) is 40.7 Å². The summed E-state index contributed by atoms with van der Waals surface area (Å²) in [5.74, 6) is -0.730. The molecule has 0 saturated carbocycles. The number of aryl methyl sites for hydroxylation is 2. The van der Waals surface area contributed by atoms with E-state index in [0.717, 1.165) is 38.7 Å². The van der Waals surface area contributed by atoms with Gasteiger partial charge in [0.25, 0.3) is 5.91 Å². The van der Waals surface area contributed by atoms with Gasteiger partial charge in [-0.3, -0.25) is 4.79 Å². The molecule has 0 bridgehead atoms. The molecule has 1 amide bonds. The number of rotatable bonds is 5. The standard InChI is InChI=1S/C17H21NO4/c19-16(18-10-15-5-2-8-21-15)11-22-17(20)14-7-6-12-3-1-4-13(12)9-14/h6-7,9,15H,1-5,8,10-11H2,(H,18,19)/t15-/m0/s1. The Morgan fingerprint density at radius 2 is 2.09 bits per heavy atom. The Labute approximate surface area is 130 Å². The molecule has 3 rings (SSSR count). The van der Waals surface area contributed by atoms with Crippen LogP contribution in [0.2, 0.25) is 0 Å². The van der Waals surface area contributed by atoms with Gasteiger partial charge in [-0.15, -0.1) is 0 Å². The van der Waals surface area contributed by atoms with Crippen LogP contribution in [0.15, 0.2) is 18.2 Å². The van der Waals surface area contributed by atoms with Crippen molar-refractivity contribution in [2.24, 2.45) is 0 Å². The Bertz CT molecular complexity index is 564. The Hall–Kier alpha value is -1.88. The first kappa shape index (κ1) is 15.0. The van der Waals surface area contributed by atoms with E-state index in [2.05, 4.69) is 5.32 Å². The highest BCUT2D eigenvalue weighted by molar-refractivity contribution is 5.91. The molecule has 5 heteroatoms. The van der Waals surface area contributed by atoms with Crippen LogP contribution >= 0.6 is 0 Å². The third kappa shape index (κ3) is 3.65. The topological polar surface area (TPSA) is 64.6 Å². The van der Waals surface area contributed by atoms with Crippen LogP contribution in [0.25, 0.3) is 0 Å². The lowest BCUT2D eigenvalue weighted by Crippen LogP contribution is -2.34. The van der Waals surface area contributed by atoms with E-state index >= 15 is 0 Å². The highest BCUT2D eigenvalue weighted by atomic mass is 16.5. The Morgan fingerprint density at radius 1 is 1.23 bits per heavy atom. The predicted octanol–water partition coefficient (Wildman–Crippen LogP) is 1.63. The second kappa shape index (κ2) is 6.92. The maximum atomic E-state index is 12.0. The zero-order valence-corrected chi connectivity index (χ0v) is 12.6. The van der Waals surface area contributed by atoms with Crippen LogP contribution in [-0.4, -0.2) is 37.7 Å². The zero-order chi connectivity index (χ0) is 15.4. The predicted molar refractivity (Wildman–Crippen MR) is 80.7 cm³/mol. The number of ether oxygens (including phenoxy) is 2. The maximum Gasteiger partial charge on any atom is 0.338 e. The molecule has 0 spiro atoms. The first-order chi connectivity index (χ1) is 10.7. The third-order valence-electron chi connectivity index (χ3n) is 4.22. The second-order valence-corrected chi connectivity index (χ2v) is 5.85. The number of fused-ring (bicyclic) bond motifs is 1. The molecule has 2 aliphatic rings. The Balaban J connectivity index is 1.44. The number of carbonyl (C=O) groups excluding carboxylic acids is 2. The van der Waals surface area contributed by atoms with Gasteiger partial charge in [-0.25, -0.2) is 4.79 Å². The maximum absolute atomic E-state index is 12.0. The van der Waals surface area contributed by atoms with Gasteiger partial charge < -0.3 is 14.8 Å². The summed E-state index contributed by atoms with van der Waals surface area (Å²) in [5.41, 5.74) is 3.05. The van der Waals surface area contributed by atoms with E-state index in [9.17, 15) is 9.59 Å². The van der Waals surface area contributed by atoms with Gasteiger partial charge in [-0.05, 0) is 55.4 Å². The van der Waals surface area contributed by atoms with Crippen molar-refractivity contribution in [1.29, 1.82) is 0 Å². The third-order valence-corrected chi connectivity index (χ3v) is 4.22. The van der Waals surface area contributed by atoms with E-state index in [0.29, 0.717) is 12.1 Å². The Kier molecular flexibility index (Phi) is 4.73. The van der Waals surface area contributed by atoms with Gasteiger partial charge in [0.15, 0.2) is 6.61 Å². The van der Waals surface area contributed by atoms with Crippen molar-refractivity contribution in [2.45, 2.75) is 38.2 Å². The zero-order valence-electron chi connectivity index (χ0n) is 12.6. The summed E-state index contributed by atoms with van der Waals surface area (Å²) in [4.78, 5) is 23.7. The minimum Gasteiger partial charge on any atom is -0.452 e. The molecular formula is C17H21NO4. The molecule has 0 aromatic heterocycles. The van der Waals surface area contributed by atoms with E-state index in [1.165, 1.54) is 11.1 Å². The van der Waals surface area contributed by atoms with E-state index in [1.807, 2.05) is 12.1 Å². The molecule has 0 radical (unpaired) electrons. The number of esters is 1. The molecule has 1 aliphatic heterocycles. The molecule has 1 fully saturated rings. The van der Waals surface area contributed by atoms with E-state index < -0.39 is 5.97 Å². The van der Waals surface area contributed by atoms with Crippen LogP contribution in [0.5, 0.6) is 0 Å². The largest absolute Gasteiger partial charge is 0.452 e. The van der Waals surface area contributed by atoms with Crippen LogP contribution < -0.4 is 5.32 Å². The average Bonchev–Trinajstić information content (AvgIpc) is 3.20. The van der Waals surface area contributed by atoms with Gasteiger partial charge in [0.1, 0.15) is 0 Å². The van der Waals surface area contributed by atoms with Gasteiger partial charge in [0.05, 0.1) is 11.7 Å². The lowest BCUT2D eigenvalue weighted by atomic mass is 10.1. The molecule has 1 aromatic carbocycles. The summed E-state index contributed by atoms with van der Waals surface area (Å²) >= 11 is 0. The number of nitrogens with one attached hydrogen (secondary N) is 1. The summed E-state index contributed by atoms with van der Waals surface area (Å²) in [7, 11) is 0. The lowest BCUT2D eigenvalue weighted by molar-refractivity contribution is -0.124. The molecule has 1 N–H and O–H groups in total. The first-order valence-electron chi connectivity index (χ1n) is 7.89. The van der Waals surface area contributed by atoms with Gasteiger partial charge >= 0.3 is 5.97 Å². The molecular weight excluding hydrogens is 282 g/mol. The number of benzene rings is 1. The number of carbonyl (C=O) groups is 2. The van der Waals surface area contributed by atoms with E-state index in [-0.39, 0.29) is 18.6 Å². The monoisotopic (exact) mass is 303 g/mol. The van der Waals surface area contributed by atoms with Crippen LogP contribution in [-0.2, 0) is 27.1 Å². The van der Waals surface area contributed by atoms with Crippen LogP contribution in [0, 0.1) is 0 Å². The van der Waals surface area contributed by atoms with Crippen molar-refractivity contribution >= 4 is 11.9 Å². The molecule has 1 heterocycles. The molecule has 22 heavy (non-hydrogen) atoms. The SMILES string of the molecule is O=C(COC(=O)c1ccc2c(c1)CCC2)NC[C@@H]1CCCO1. The summed E-state index contributed by atoms with van der Waals surface area (Å²) in [6.45, 7) is 0.992. The normalized spacial score (nSPS) is 19.7. The average molecular weight is 303 g/mol. The van der Waals surface area contributed by atoms with E-state index in [1.54, 1.807) is 6.07 Å².